The first-order chi connectivity index (χ1) is 14.1. The van der Waals surface area contributed by atoms with E-state index in [1.807, 2.05) is 24.3 Å². The molecule has 8 nitrogen and oxygen atoms in total. The Balaban J connectivity index is 1.29. The summed E-state index contributed by atoms with van der Waals surface area (Å²) in [5.74, 6) is 1.44. The monoisotopic (exact) mass is 415 g/mol. The first-order valence-corrected chi connectivity index (χ1v) is 10.3. The van der Waals surface area contributed by atoms with Crippen molar-refractivity contribution in [3.05, 3.63) is 41.0 Å². The molecule has 2 aliphatic heterocycles. The largest absolute Gasteiger partial charge is 0.357 e. The molecule has 3 heterocycles. The predicted octanol–water partition coefficient (Wildman–Crippen LogP) is 2.78. The van der Waals surface area contributed by atoms with Gasteiger partial charge < -0.3 is 20.9 Å². The van der Waals surface area contributed by atoms with Gasteiger partial charge in [0.05, 0.1) is 10.7 Å². The maximum atomic E-state index is 12.4. The van der Waals surface area contributed by atoms with Crippen LogP contribution in [0.25, 0.3) is 0 Å². The second-order valence-electron chi connectivity index (χ2n) is 7.46. The number of amides is 2. The van der Waals surface area contributed by atoms with Crippen LogP contribution in [0.5, 0.6) is 0 Å². The molecule has 0 radical (unpaired) electrons. The van der Waals surface area contributed by atoms with E-state index in [2.05, 4.69) is 35.7 Å². The number of nitrogens with one attached hydrogen (secondary N) is 3. The van der Waals surface area contributed by atoms with Crippen molar-refractivity contribution < 1.29 is 4.79 Å². The van der Waals surface area contributed by atoms with Gasteiger partial charge in [-0.2, -0.15) is 4.98 Å². The summed E-state index contributed by atoms with van der Waals surface area (Å²) in [6, 6.07) is 7.51. The van der Waals surface area contributed by atoms with Gasteiger partial charge in [0.15, 0.2) is 0 Å². The van der Waals surface area contributed by atoms with Crippen LogP contribution in [0.15, 0.2) is 30.5 Å². The van der Waals surface area contributed by atoms with Crippen LogP contribution < -0.4 is 20.9 Å². The van der Waals surface area contributed by atoms with E-state index in [0.29, 0.717) is 23.2 Å². The molecular weight excluding hydrogens is 390 g/mol. The Morgan fingerprint density at radius 3 is 2.86 bits per heavy atom. The second kappa shape index (κ2) is 8.84. The van der Waals surface area contributed by atoms with E-state index in [0.717, 1.165) is 44.0 Å². The number of rotatable bonds is 6. The van der Waals surface area contributed by atoms with E-state index in [9.17, 15) is 4.79 Å². The minimum atomic E-state index is -0.243. The van der Waals surface area contributed by atoms with E-state index >= 15 is 0 Å². The van der Waals surface area contributed by atoms with Crippen molar-refractivity contribution in [3.63, 3.8) is 0 Å². The molecule has 2 fully saturated rings. The van der Waals surface area contributed by atoms with Crippen LogP contribution in [0, 0.1) is 0 Å². The number of hydrogen-bond acceptors (Lipinski definition) is 6. The first kappa shape index (κ1) is 19.7. The predicted molar refractivity (Wildman–Crippen MR) is 116 cm³/mol. The van der Waals surface area contributed by atoms with E-state index in [1.54, 1.807) is 13.2 Å². The van der Waals surface area contributed by atoms with Gasteiger partial charge in [0.2, 0.25) is 5.95 Å². The number of halogens is 1. The topological polar surface area (TPSA) is 85.4 Å². The maximum absolute atomic E-state index is 12.4. The molecule has 2 aliphatic rings. The molecule has 4 rings (SSSR count). The van der Waals surface area contributed by atoms with Crippen LogP contribution >= 0.6 is 11.6 Å². The minimum absolute atomic E-state index is 0.0486. The molecule has 1 atom stereocenters. The van der Waals surface area contributed by atoms with E-state index in [4.69, 9.17) is 11.6 Å². The van der Waals surface area contributed by atoms with Gasteiger partial charge in [-0.1, -0.05) is 17.7 Å². The Labute approximate surface area is 175 Å². The van der Waals surface area contributed by atoms with Gasteiger partial charge in [0.1, 0.15) is 5.82 Å². The molecule has 2 aromatic rings. The molecule has 0 bridgehead atoms. The number of benzene rings is 1. The fourth-order valence-corrected chi connectivity index (χ4v) is 3.88. The lowest BCUT2D eigenvalue weighted by molar-refractivity contribution is 0.172. The van der Waals surface area contributed by atoms with Crippen LogP contribution in [-0.4, -0.2) is 60.2 Å². The Morgan fingerprint density at radius 2 is 2.14 bits per heavy atom. The van der Waals surface area contributed by atoms with Gasteiger partial charge >= 0.3 is 6.03 Å². The number of hydrogen-bond donors (Lipinski definition) is 3. The Hall–Kier alpha value is -2.58. The van der Waals surface area contributed by atoms with Crippen LogP contribution in [-0.2, 0) is 6.54 Å². The third-order valence-corrected chi connectivity index (χ3v) is 5.66. The number of likely N-dealkylation sites (tertiary alicyclic amines) is 1. The number of carbonyl (C=O) groups is 1. The fraction of sp³-hybridized carbons (Fsp3) is 0.450. The molecule has 0 aliphatic carbocycles. The zero-order chi connectivity index (χ0) is 20.2. The normalized spacial score (nSPS) is 19.0. The lowest BCUT2D eigenvalue weighted by Gasteiger charge is -2.30. The SMILES string of the molecule is CNc1nccc(N2CC[C@H](NC(=O)Nc3ccc(CN4CCC4)cc3Cl)C2)n1. The van der Waals surface area contributed by atoms with E-state index in [1.165, 1.54) is 6.42 Å². The molecule has 1 aromatic heterocycles. The summed E-state index contributed by atoms with van der Waals surface area (Å²) < 4.78 is 0. The van der Waals surface area contributed by atoms with E-state index < -0.39 is 0 Å². The van der Waals surface area contributed by atoms with Crippen molar-refractivity contribution in [2.75, 3.05) is 48.8 Å². The van der Waals surface area contributed by atoms with Gasteiger partial charge in [0, 0.05) is 38.9 Å². The van der Waals surface area contributed by atoms with Crippen LogP contribution in [0.4, 0.5) is 22.2 Å². The van der Waals surface area contributed by atoms with E-state index in [-0.39, 0.29) is 12.1 Å². The minimum Gasteiger partial charge on any atom is -0.357 e. The summed E-state index contributed by atoms with van der Waals surface area (Å²) in [5, 5.41) is 9.40. The number of urea groups is 1. The highest BCUT2D eigenvalue weighted by Gasteiger charge is 2.25. The average Bonchev–Trinajstić information content (AvgIpc) is 3.15. The van der Waals surface area contributed by atoms with Crippen molar-refractivity contribution in [2.24, 2.45) is 0 Å². The first-order valence-electron chi connectivity index (χ1n) is 9.95. The van der Waals surface area contributed by atoms with Crippen molar-refractivity contribution in [2.45, 2.75) is 25.4 Å². The third kappa shape index (κ3) is 4.89. The van der Waals surface area contributed by atoms with Gasteiger partial charge in [-0.05, 0) is 49.7 Å². The van der Waals surface area contributed by atoms with Crippen molar-refractivity contribution in [1.82, 2.24) is 20.2 Å². The third-order valence-electron chi connectivity index (χ3n) is 5.35. The summed E-state index contributed by atoms with van der Waals surface area (Å²) in [6.45, 7) is 4.73. The molecule has 2 saturated heterocycles. The standard InChI is InChI=1S/C20H26ClN7O/c1-22-19-23-7-5-18(26-19)28-10-6-15(13-28)24-20(29)25-17-4-3-14(11-16(17)21)12-27-8-2-9-27/h3-5,7,11,15H,2,6,8-10,12-13H2,1H3,(H,22,23,26)(H2,24,25,29)/t15-/m0/s1. The molecular formula is C20H26ClN7O. The lowest BCUT2D eigenvalue weighted by Crippen LogP contribution is -2.39. The molecule has 0 spiro atoms. The summed E-state index contributed by atoms with van der Waals surface area (Å²) in [6.07, 6.45) is 3.85. The summed E-state index contributed by atoms with van der Waals surface area (Å²) in [5.41, 5.74) is 1.79. The Morgan fingerprint density at radius 1 is 1.28 bits per heavy atom. The molecule has 1 aromatic carbocycles. The second-order valence-corrected chi connectivity index (χ2v) is 7.87. The quantitative estimate of drug-likeness (QED) is 0.672. The van der Waals surface area contributed by atoms with Crippen molar-refractivity contribution >= 4 is 35.1 Å². The van der Waals surface area contributed by atoms with Gasteiger partial charge in [-0.15, -0.1) is 0 Å². The number of aromatic nitrogens is 2. The summed E-state index contributed by atoms with van der Waals surface area (Å²) >= 11 is 6.38. The molecule has 29 heavy (non-hydrogen) atoms. The molecule has 0 unspecified atom stereocenters. The van der Waals surface area contributed by atoms with Gasteiger partial charge in [-0.3, -0.25) is 4.90 Å². The summed E-state index contributed by atoms with van der Waals surface area (Å²) in [4.78, 5) is 25.6. The number of carbonyl (C=O) groups excluding carboxylic acids is 1. The van der Waals surface area contributed by atoms with Crippen LogP contribution in [0.2, 0.25) is 5.02 Å². The maximum Gasteiger partial charge on any atom is 0.319 e. The Bertz CT molecular complexity index is 874. The Kier molecular flexibility index (Phi) is 6.01. The van der Waals surface area contributed by atoms with Gasteiger partial charge in [0.25, 0.3) is 0 Å². The zero-order valence-corrected chi connectivity index (χ0v) is 17.2. The highest BCUT2D eigenvalue weighted by atomic mass is 35.5. The smallest absolute Gasteiger partial charge is 0.319 e. The molecule has 154 valence electrons. The summed E-state index contributed by atoms with van der Waals surface area (Å²) in [7, 11) is 1.79. The highest BCUT2D eigenvalue weighted by Crippen LogP contribution is 2.25. The fourth-order valence-electron chi connectivity index (χ4n) is 3.63. The van der Waals surface area contributed by atoms with Crippen molar-refractivity contribution in [3.8, 4) is 0 Å². The van der Waals surface area contributed by atoms with Crippen LogP contribution in [0.1, 0.15) is 18.4 Å². The molecule has 3 N–H and O–H groups in total. The van der Waals surface area contributed by atoms with Crippen LogP contribution in [0.3, 0.4) is 0 Å². The number of anilines is 3. The molecule has 2 amide bonds. The lowest BCUT2D eigenvalue weighted by atomic mass is 10.1. The zero-order valence-electron chi connectivity index (χ0n) is 16.5. The molecule has 0 saturated carbocycles. The average molecular weight is 416 g/mol. The van der Waals surface area contributed by atoms with Gasteiger partial charge in [-0.25, -0.2) is 9.78 Å². The van der Waals surface area contributed by atoms with Crippen molar-refractivity contribution in [1.29, 1.82) is 0 Å². The number of nitrogens with zero attached hydrogens (tertiary/aromatic N) is 4. The molecule has 9 heteroatoms. The highest BCUT2D eigenvalue weighted by molar-refractivity contribution is 6.33.